The molecule has 0 amide bonds. The molecule has 0 spiro atoms. The van der Waals surface area contributed by atoms with E-state index in [4.69, 9.17) is 18.2 Å². The maximum absolute atomic E-state index is 6.74. The zero-order valence-electron chi connectivity index (χ0n) is 25.3. The van der Waals surface area contributed by atoms with Crippen LogP contribution >= 0.6 is 0 Å². The number of hydrogen-bond donors (Lipinski definition) is 0. The minimum atomic E-state index is -1.98. The molecule has 0 aliphatic carbocycles. The molecule has 4 nitrogen and oxygen atoms in total. The Labute approximate surface area is 230 Å². The molecule has 2 aromatic rings. The Morgan fingerprint density at radius 1 is 0.405 bits per heavy atom. The zero-order chi connectivity index (χ0) is 28.0. The van der Waals surface area contributed by atoms with Crippen LogP contribution in [0.4, 0.5) is 0 Å². The molecule has 0 aromatic heterocycles. The second-order valence-electron chi connectivity index (χ2n) is 12.1. The molecule has 0 atom stereocenters. The van der Waals surface area contributed by atoms with E-state index in [1.54, 1.807) is 0 Å². The third-order valence-electron chi connectivity index (χ3n) is 8.02. The van der Waals surface area contributed by atoms with Crippen molar-refractivity contribution in [1.82, 2.24) is 0 Å². The summed E-state index contributed by atoms with van der Waals surface area (Å²) in [6.45, 7) is 27.6. The normalized spacial score (nSPS) is 12.7. The standard InChI is InChI=1S/C30H50BO4Si2/c1-21(2)36(22(3)4,23(5)6)34-29-17-13-27(14-18-29)32-31-33-28-15-19-30(20-16-28)35-37(24(7)8,25(9)10)26(11)12/h13-26H,1-12H3. The van der Waals surface area contributed by atoms with Crippen LogP contribution in [-0.2, 0) is 0 Å². The Kier molecular flexibility index (Phi) is 11.3. The minimum Gasteiger partial charge on any atom is -0.543 e. The lowest BCUT2D eigenvalue weighted by Crippen LogP contribution is -2.50. The highest BCUT2D eigenvalue weighted by atomic mass is 28.4. The van der Waals surface area contributed by atoms with Gasteiger partial charge in [0.25, 0.3) is 16.6 Å². The summed E-state index contributed by atoms with van der Waals surface area (Å²) in [5, 5.41) is 0. The second-order valence-corrected chi connectivity index (χ2v) is 22.9. The fourth-order valence-electron chi connectivity index (χ4n) is 6.42. The average Bonchev–Trinajstić information content (AvgIpc) is 2.81. The van der Waals surface area contributed by atoms with Crippen LogP contribution in [-0.4, -0.2) is 24.3 Å². The summed E-state index contributed by atoms with van der Waals surface area (Å²) in [7, 11) is -2.58. The molecular formula is C30H50BO4Si2. The van der Waals surface area contributed by atoms with E-state index < -0.39 is 16.6 Å². The highest BCUT2D eigenvalue weighted by Crippen LogP contribution is 2.44. The van der Waals surface area contributed by atoms with Gasteiger partial charge in [-0.3, -0.25) is 0 Å². The predicted molar refractivity (Wildman–Crippen MR) is 163 cm³/mol. The Morgan fingerprint density at radius 3 is 0.838 bits per heavy atom. The lowest BCUT2D eigenvalue weighted by Gasteiger charge is -2.42. The maximum atomic E-state index is 6.74. The van der Waals surface area contributed by atoms with Crippen LogP contribution in [0.2, 0.25) is 33.2 Å². The highest BCUT2D eigenvalue weighted by Gasteiger charge is 2.47. The summed E-state index contributed by atoms with van der Waals surface area (Å²) in [5.41, 5.74) is 3.18. The second kappa shape index (κ2) is 13.3. The van der Waals surface area contributed by atoms with Crippen molar-refractivity contribution in [3.05, 3.63) is 48.5 Å². The minimum absolute atomic E-state index is 0.529. The van der Waals surface area contributed by atoms with Gasteiger partial charge in [-0.15, -0.1) is 0 Å². The summed E-state index contributed by atoms with van der Waals surface area (Å²) >= 11 is 0. The molecule has 1 radical (unpaired) electrons. The Morgan fingerprint density at radius 2 is 0.622 bits per heavy atom. The van der Waals surface area contributed by atoms with Crippen LogP contribution in [0.5, 0.6) is 23.0 Å². The molecule has 2 rings (SSSR count). The van der Waals surface area contributed by atoms with E-state index in [9.17, 15) is 0 Å². The van der Waals surface area contributed by atoms with Gasteiger partial charge in [-0.2, -0.15) is 0 Å². The van der Waals surface area contributed by atoms with Gasteiger partial charge in [0.1, 0.15) is 23.0 Å². The molecule has 0 bridgehead atoms. The van der Waals surface area contributed by atoms with E-state index in [0.717, 1.165) is 11.5 Å². The molecule has 0 saturated heterocycles. The SMILES string of the molecule is CC(C)[Si](Oc1ccc(O[B]Oc2ccc(O[Si](C(C)C)(C(C)C)C(C)C)cc2)cc1)(C(C)C)C(C)C. The van der Waals surface area contributed by atoms with Crippen LogP contribution in [0.15, 0.2) is 48.5 Å². The maximum Gasteiger partial charge on any atom is 0.658 e. The Hall–Kier alpha value is -1.86. The van der Waals surface area contributed by atoms with Gasteiger partial charge in [0.2, 0.25) is 0 Å². The molecule has 0 fully saturated rings. The first kappa shape index (κ1) is 31.4. The molecule has 37 heavy (non-hydrogen) atoms. The fourth-order valence-corrected chi connectivity index (χ4v) is 16.9. The number of rotatable bonds is 14. The quantitative estimate of drug-likeness (QED) is 0.223. The highest BCUT2D eigenvalue weighted by molar-refractivity contribution is 6.78. The molecular weight excluding hydrogens is 491 g/mol. The van der Waals surface area contributed by atoms with E-state index in [1.807, 2.05) is 48.5 Å². The summed E-state index contributed by atoms with van der Waals surface area (Å²) in [6.07, 6.45) is 0. The van der Waals surface area contributed by atoms with Crippen molar-refractivity contribution in [2.24, 2.45) is 0 Å². The monoisotopic (exact) mass is 541 g/mol. The molecule has 0 saturated carbocycles. The van der Waals surface area contributed by atoms with E-state index in [2.05, 4.69) is 83.1 Å². The van der Waals surface area contributed by atoms with Crippen LogP contribution in [0.25, 0.3) is 0 Å². The lowest BCUT2D eigenvalue weighted by molar-refractivity contribution is 0.453. The van der Waals surface area contributed by atoms with Gasteiger partial charge in [0.05, 0.1) is 0 Å². The van der Waals surface area contributed by atoms with Crippen LogP contribution in [0, 0.1) is 0 Å². The fraction of sp³-hybridized carbons (Fsp3) is 0.600. The van der Waals surface area contributed by atoms with Crippen molar-refractivity contribution >= 4 is 24.3 Å². The summed E-state index contributed by atoms with van der Waals surface area (Å²) in [4.78, 5) is 0. The largest absolute Gasteiger partial charge is 0.658 e. The van der Waals surface area contributed by atoms with E-state index in [-0.39, 0.29) is 0 Å². The number of hydrogen-bond acceptors (Lipinski definition) is 4. The summed E-state index contributed by atoms with van der Waals surface area (Å²) in [6, 6.07) is 15.7. The van der Waals surface area contributed by atoms with E-state index in [1.165, 1.54) is 7.69 Å². The third-order valence-corrected chi connectivity index (χ3v) is 20.0. The first-order valence-corrected chi connectivity index (χ1v) is 18.3. The molecule has 0 N–H and O–H groups in total. The van der Waals surface area contributed by atoms with Crippen molar-refractivity contribution in [3.63, 3.8) is 0 Å². The smallest absolute Gasteiger partial charge is 0.543 e. The molecule has 0 aliphatic heterocycles. The van der Waals surface area contributed by atoms with E-state index in [0.29, 0.717) is 44.7 Å². The first-order chi connectivity index (χ1) is 17.3. The van der Waals surface area contributed by atoms with Gasteiger partial charge < -0.3 is 18.2 Å². The van der Waals surface area contributed by atoms with Gasteiger partial charge in [0.15, 0.2) is 0 Å². The molecule has 7 heteroatoms. The van der Waals surface area contributed by atoms with Crippen molar-refractivity contribution in [1.29, 1.82) is 0 Å². The van der Waals surface area contributed by atoms with Crippen molar-refractivity contribution < 1.29 is 18.2 Å². The van der Waals surface area contributed by atoms with Crippen molar-refractivity contribution in [3.8, 4) is 23.0 Å². The van der Waals surface area contributed by atoms with Crippen molar-refractivity contribution in [2.45, 2.75) is 116 Å². The van der Waals surface area contributed by atoms with Crippen molar-refractivity contribution in [2.75, 3.05) is 0 Å². The van der Waals surface area contributed by atoms with E-state index >= 15 is 0 Å². The van der Waals surface area contributed by atoms with Crippen LogP contribution < -0.4 is 18.2 Å². The van der Waals surface area contributed by atoms with Gasteiger partial charge >= 0.3 is 7.69 Å². The lowest BCUT2D eigenvalue weighted by atomic mass is 10.3. The predicted octanol–water partition coefficient (Wildman–Crippen LogP) is 9.79. The molecule has 0 unspecified atom stereocenters. The molecule has 0 aliphatic rings. The van der Waals surface area contributed by atoms with Gasteiger partial charge in [-0.25, -0.2) is 0 Å². The summed E-state index contributed by atoms with van der Waals surface area (Å²) in [5.74, 6) is 3.24. The topological polar surface area (TPSA) is 36.9 Å². The Balaban J connectivity index is 1.98. The van der Waals surface area contributed by atoms with Gasteiger partial charge in [-0.05, 0) is 81.8 Å². The summed E-state index contributed by atoms with van der Waals surface area (Å²) < 4.78 is 24.9. The van der Waals surface area contributed by atoms with Gasteiger partial charge in [-0.1, -0.05) is 83.1 Å². The van der Waals surface area contributed by atoms with Crippen LogP contribution in [0.1, 0.15) is 83.1 Å². The van der Waals surface area contributed by atoms with Crippen LogP contribution in [0.3, 0.4) is 0 Å². The molecule has 2 aromatic carbocycles. The molecule has 0 heterocycles. The number of benzene rings is 2. The Bertz CT molecular complexity index is 820. The third kappa shape index (κ3) is 7.17. The van der Waals surface area contributed by atoms with Gasteiger partial charge in [0, 0.05) is 0 Å². The first-order valence-electron chi connectivity index (χ1n) is 14.0. The molecule has 205 valence electrons. The average molecular weight is 542 g/mol. The zero-order valence-corrected chi connectivity index (χ0v) is 27.3.